The molecule has 1 aromatic rings. The molecule has 1 aromatic carbocycles. The molecule has 0 atom stereocenters. The maximum absolute atomic E-state index is 8.54. The van der Waals surface area contributed by atoms with E-state index in [4.69, 9.17) is 5.26 Å². The van der Waals surface area contributed by atoms with Crippen LogP contribution in [-0.2, 0) is 5.33 Å². The lowest BCUT2D eigenvalue weighted by Crippen LogP contribution is -1.81. The molecule has 0 aliphatic rings. The molecule has 0 saturated carbocycles. The molecule has 1 rings (SSSR count). The first-order valence-corrected chi connectivity index (χ1v) is 4.94. The van der Waals surface area contributed by atoms with Crippen LogP contribution in [-0.4, -0.2) is 0 Å². The summed E-state index contributed by atoms with van der Waals surface area (Å²) in [4.78, 5) is 0. The second kappa shape index (κ2) is 3.89. The van der Waals surface area contributed by atoms with Gasteiger partial charge in [0.2, 0.25) is 0 Å². The van der Waals surface area contributed by atoms with Gasteiger partial charge in [-0.15, -0.1) is 0 Å². The summed E-state index contributed by atoms with van der Waals surface area (Å²) in [5.41, 5.74) is 1.84. The maximum Gasteiger partial charge on any atom is 0.0992 e. The average molecular weight is 275 g/mol. The molecule has 0 aliphatic carbocycles. The number of rotatable bonds is 1. The van der Waals surface area contributed by atoms with Crippen LogP contribution in [0, 0.1) is 11.3 Å². The largest absolute Gasteiger partial charge is 0.192 e. The van der Waals surface area contributed by atoms with E-state index in [1.165, 1.54) is 0 Å². The quantitative estimate of drug-likeness (QED) is 0.722. The third-order valence-electron chi connectivity index (χ3n) is 1.33. The lowest BCUT2D eigenvalue weighted by molar-refractivity contribution is 1.38. The fraction of sp³-hybridized carbons (Fsp3) is 0.125. The van der Waals surface area contributed by atoms with Crippen molar-refractivity contribution in [1.82, 2.24) is 0 Å². The molecule has 11 heavy (non-hydrogen) atoms. The monoisotopic (exact) mass is 273 g/mol. The molecule has 0 spiro atoms. The normalized spacial score (nSPS) is 9.18. The van der Waals surface area contributed by atoms with Gasteiger partial charge in [0.15, 0.2) is 0 Å². The fourth-order valence-corrected chi connectivity index (χ4v) is 2.11. The standard InChI is InChI=1S/C8H5Br2N/c9-4-7-2-1-6(5-11)3-8(7)10/h1-3H,4H2. The van der Waals surface area contributed by atoms with E-state index >= 15 is 0 Å². The molecule has 0 saturated heterocycles. The van der Waals surface area contributed by atoms with Crippen LogP contribution < -0.4 is 0 Å². The van der Waals surface area contributed by atoms with Crippen molar-refractivity contribution in [3.05, 3.63) is 33.8 Å². The number of benzene rings is 1. The van der Waals surface area contributed by atoms with Gasteiger partial charge < -0.3 is 0 Å². The van der Waals surface area contributed by atoms with Crippen molar-refractivity contribution in [2.45, 2.75) is 5.33 Å². The minimum Gasteiger partial charge on any atom is -0.192 e. The van der Waals surface area contributed by atoms with Crippen molar-refractivity contribution >= 4 is 31.9 Å². The summed E-state index contributed by atoms with van der Waals surface area (Å²) in [5, 5.41) is 9.35. The van der Waals surface area contributed by atoms with Gasteiger partial charge in [-0.1, -0.05) is 37.9 Å². The van der Waals surface area contributed by atoms with E-state index in [2.05, 4.69) is 37.9 Å². The maximum atomic E-state index is 8.54. The van der Waals surface area contributed by atoms with Gasteiger partial charge in [0.25, 0.3) is 0 Å². The first-order valence-electron chi connectivity index (χ1n) is 3.02. The first-order chi connectivity index (χ1) is 5.27. The second-order valence-corrected chi connectivity index (χ2v) is 3.47. The highest BCUT2D eigenvalue weighted by molar-refractivity contribution is 9.10. The molecule has 0 fully saturated rings. The molecule has 1 nitrogen and oxygen atoms in total. The van der Waals surface area contributed by atoms with Gasteiger partial charge in [-0.05, 0) is 17.7 Å². The number of alkyl halides is 1. The lowest BCUT2D eigenvalue weighted by atomic mass is 10.2. The van der Waals surface area contributed by atoms with Crippen LogP contribution in [0.2, 0.25) is 0 Å². The highest BCUT2D eigenvalue weighted by atomic mass is 79.9. The Morgan fingerprint density at radius 2 is 2.18 bits per heavy atom. The number of halogens is 2. The summed E-state index contributed by atoms with van der Waals surface area (Å²) in [5.74, 6) is 0. The molecule has 0 amide bonds. The topological polar surface area (TPSA) is 23.8 Å². The van der Waals surface area contributed by atoms with Crippen molar-refractivity contribution < 1.29 is 0 Å². The van der Waals surface area contributed by atoms with E-state index in [0.29, 0.717) is 5.56 Å². The Labute approximate surface area is 82.3 Å². The zero-order valence-corrected chi connectivity index (χ0v) is 8.81. The minimum atomic E-state index is 0.682. The van der Waals surface area contributed by atoms with E-state index in [1.807, 2.05) is 12.1 Å². The summed E-state index contributed by atoms with van der Waals surface area (Å²) in [6, 6.07) is 7.62. The Morgan fingerprint density at radius 3 is 2.64 bits per heavy atom. The predicted molar refractivity (Wildman–Crippen MR) is 51.5 cm³/mol. The van der Waals surface area contributed by atoms with Gasteiger partial charge in [0.1, 0.15) is 0 Å². The molecule has 0 heterocycles. The summed E-state index contributed by atoms with van der Waals surface area (Å²) in [6.07, 6.45) is 0. The van der Waals surface area contributed by atoms with Crippen LogP contribution in [0.4, 0.5) is 0 Å². The second-order valence-electron chi connectivity index (χ2n) is 2.05. The third kappa shape index (κ3) is 2.05. The molecule has 0 radical (unpaired) electrons. The molecular formula is C8H5Br2N. The summed E-state index contributed by atoms with van der Waals surface area (Å²) in [7, 11) is 0. The van der Waals surface area contributed by atoms with Crippen LogP contribution in [0.1, 0.15) is 11.1 Å². The van der Waals surface area contributed by atoms with Crippen molar-refractivity contribution in [3.63, 3.8) is 0 Å². The van der Waals surface area contributed by atoms with E-state index in [-0.39, 0.29) is 0 Å². The number of hydrogen-bond donors (Lipinski definition) is 0. The van der Waals surface area contributed by atoms with Crippen LogP contribution in [0.3, 0.4) is 0 Å². The summed E-state index contributed by atoms with van der Waals surface area (Å²) < 4.78 is 0.980. The van der Waals surface area contributed by atoms with Gasteiger partial charge in [-0.25, -0.2) is 0 Å². The van der Waals surface area contributed by atoms with Gasteiger partial charge in [0.05, 0.1) is 11.6 Å². The van der Waals surface area contributed by atoms with Crippen LogP contribution in [0.15, 0.2) is 22.7 Å². The molecule has 3 heteroatoms. The highest BCUT2D eigenvalue weighted by Crippen LogP contribution is 2.20. The highest BCUT2D eigenvalue weighted by Gasteiger charge is 1.98. The SMILES string of the molecule is N#Cc1ccc(CBr)c(Br)c1. The number of nitriles is 1. The van der Waals surface area contributed by atoms with Crippen LogP contribution >= 0.6 is 31.9 Å². The Bertz CT molecular complexity index is 301. The predicted octanol–water partition coefficient (Wildman–Crippen LogP) is 3.22. The molecule has 0 unspecified atom stereocenters. The Morgan fingerprint density at radius 1 is 1.45 bits per heavy atom. The third-order valence-corrected chi connectivity index (χ3v) is 2.67. The van der Waals surface area contributed by atoms with E-state index in [9.17, 15) is 0 Å². The van der Waals surface area contributed by atoms with Crippen LogP contribution in [0.25, 0.3) is 0 Å². The van der Waals surface area contributed by atoms with Crippen molar-refractivity contribution in [2.75, 3.05) is 0 Å². The van der Waals surface area contributed by atoms with Crippen molar-refractivity contribution in [1.29, 1.82) is 5.26 Å². The Balaban J connectivity index is 3.12. The summed E-state index contributed by atoms with van der Waals surface area (Å²) in [6.45, 7) is 0. The molecule has 0 aromatic heterocycles. The Kier molecular flexibility index (Phi) is 3.10. The summed E-state index contributed by atoms with van der Waals surface area (Å²) >= 11 is 6.71. The zero-order chi connectivity index (χ0) is 8.27. The molecule has 0 aliphatic heterocycles. The van der Waals surface area contributed by atoms with Gasteiger partial charge in [-0.2, -0.15) is 5.26 Å². The smallest absolute Gasteiger partial charge is 0.0992 e. The first kappa shape index (κ1) is 8.76. The van der Waals surface area contributed by atoms with E-state index in [0.717, 1.165) is 15.4 Å². The van der Waals surface area contributed by atoms with Gasteiger partial charge in [0, 0.05) is 9.80 Å². The Hall–Kier alpha value is -0.330. The van der Waals surface area contributed by atoms with E-state index in [1.54, 1.807) is 6.07 Å². The average Bonchev–Trinajstić information content (AvgIpc) is 2.04. The minimum absolute atomic E-state index is 0.682. The number of hydrogen-bond acceptors (Lipinski definition) is 1. The van der Waals surface area contributed by atoms with E-state index < -0.39 is 0 Å². The molecule has 0 bridgehead atoms. The lowest BCUT2D eigenvalue weighted by Gasteiger charge is -1.98. The molecular weight excluding hydrogens is 270 g/mol. The fourth-order valence-electron chi connectivity index (χ4n) is 0.725. The van der Waals surface area contributed by atoms with Crippen molar-refractivity contribution in [2.24, 2.45) is 0 Å². The zero-order valence-electron chi connectivity index (χ0n) is 5.64. The van der Waals surface area contributed by atoms with Crippen molar-refractivity contribution in [3.8, 4) is 6.07 Å². The molecule has 0 N–H and O–H groups in total. The molecule has 56 valence electrons. The van der Waals surface area contributed by atoms with Gasteiger partial charge >= 0.3 is 0 Å². The number of nitrogens with zero attached hydrogens (tertiary/aromatic N) is 1. The van der Waals surface area contributed by atoms with Crippen LogP contribution in [0.5, 0.6) is 0 Å². The van der Waals surface area contributed by atoms with Gasteiger partial charge in [-0.3, -0.25) is 0 Å².